The van der Waals surface area contributed by atoms with Gasteiger partial charge in [0.25, 0.3) is 5.91 Å². The lowest BCUT2D eigenvalue weighted by molar-refractivity contribution is -0.118. The fourth-order valence-corrected chi connectivity index (χ4v) is 3.03. The monoisotopic (exact) mass is 410 g/mol. The largest absolute Gasteiger partial charge is 0.496 e. The normalized spacial score (nSPS) is 11.6. The molecule has 2 aromatic rings. The Balaban J connectivity index is 2.14. The number of anilines is 1. The lowest BCUT2D eigenvalue weighted by Crippen LogP contribution is -2.44. The predicted octanol–water partition coefficient (Wildman–Crippen LogP) is 3.98. The number of amides is 2. The van der Waals surface area contributed by atoms with Gasteiger partial charge in [-0.05, 0) is 48.8 Å². The van der Waals surface area contributed by atoms with Gasteiger partial charge in [-0.15, -0.1) is 0 Å². The van der Waals surface area contributed by atoms with Gasteiger partial charge in [0, 0.05) is 5.69 Å². The molecule has 0 heterocycles. The molecule has 0 aromatic heterocycles. The summed E-state index contributed by atoms with van der Waals surface area (Å²) in [6.45, 7) is 0. The Kier molecular flexibility index (Phi) is 7.94. The van der Waals surface area contributed by atoms with Crippen molar-refractivity contribution < 1.29 is 18.7 Å². The van der Waals surface area contributed by atoms with Crippen LogP contribution in [0, 0.1) is 5.82 Å². The minimum Gasteiger partial charge on any atom is -0.496 e. The Labute approximate surface area is 166 Å². The summed E-state index contributed by atoms with van der Waals surface area (Å²) in [5.74, 6) is -0.294. The first kappa shape index (κ1) is 21.1. The van der Waals surface area contributed by atoms with Crippen LogP contribution < -0.4 is 15.4 Å². The standard InChI is InChI=1S/C19H20ClFN2O3S/c1-26-17-6-4-3-5-13(17)18(24)23-16(9-10-27-2)19(25)22-12-7-8-15(21)14(20)11-12/h3-8,11,16H,9-10H2,1-2H3,(H,22,25)(H,23,24)/t16-/m1/s1. The maximum Gasteiger partial charge on any atom is 0.255 e. The summed E-state index contributed by atoms with van der Waals surface area (Å²) in [6, 6.07) is 9.90. The molecule has 0 aliphatic rings. The molecule has 2 rings (SSSR count). The van der Waals surface area contributed by atoms with Gasteiger partial charge in [0.05, 0.1) is 17.7 Å². The Bertz CT molecular complexity index is 819. The molecule has 2 N–H and O–H groups in total. The number of benzene rings is 2. The molecule has 5 nitrogen and oxygen atoms in total. The average molecular weight is 411 g/mol. The fourth-order valence-electron chi connectivity index (χ4n) is 2.38. The second kappa shape index (κ2) is 10.2. The number of thioether (sulfide) groups is 1. The highest BCUT2D eigenvalue weighted by atomic mass is 35.5. The van der Waals surface area contributed by atoms with Crippen LogP contribution in [0.5, 0.6) is 5.75 Å². The first-order valence-electron chi connectivity index (χ1n) is 8.15. The van der Waals surface area contributed by atoms with Crippen LogP contribution in [-0.2, 0) is 4.79 Å². The van der Waals surface area contributed by atoms with Crippen molar-refractivity contribution in [2.45, 2.75) is 12.5 Å². The molecule has 2 aromatic carbocycles. The summed E-state index contributed by atoms with van der Waals surface area (Å²) in [5, 5.41) is 5.31. The van der Waals surface area contributed by atoms with Gasteiger partial charge in [0.15, 0.2) is 0 Å². The second-order valence-corrected chi connectivity index (χ2v) is 7.02. The zero-order valence-electron chi connectivity index (χ0n) is 14.9. The lowest BCUT2D eigenvalue weighted by Gasteiger charge is -2.19. The van der Waals surface area contributed by atoms with Crippen LogP contribution in [0.3, 0.4) is 0 Å². The molecule has 0 saturated heterocycles. The summed E-state index contributed by atoms with van der Waals surface area (Å²) in [7, 11) is 1.47. The smallest absolute Gasteiger partial charge is 0.255 e. The molecular weight excluding hydrogens is 391 g/mol. The molecule has 1 atom stereocenters. The molecule has 144 valence electrons. The van der Waals surface area contributed by atoms with E-state index in [1.165, 1.54) is 25.3 Å². The molecule has 2 amide bonds. The van der Waals surface area contributed by atoms with E-state index in [4.69, 9.17) is 16.3 Å². The van der Waals surface area contributed by atoms with Gasteiger partial charge in [0.1, 0.15) is 17.6 Å². The quantitative estimate of drug-likeness (QED) is 0.690. The highest BCUT2D eigenvalue weighted by Gasteiger charge is 2.23. The van der Waals surface area contributed by atoms with E-state index < -0.39 is 23.7 Å². The number of halogens is 2. The number of rotatable bonds is 8. The zero-order chi connectivity index (χ0) is 19.8. The van der Waals surface area contributed by atoms with Crippen molar-refractivity contribution in [3.05, 3.63) is 58.9 Å². The van der Waals surface area contributed by atoms with Gasteiger partial charge in [-0.25, -0.2) is 4.39 Å². The number of carbonyl (C=O) groups excluding carboxylic acids is 2. The van der Waals surface area contributed by atoms with Gasteiger partial charge < -0.3 is 15.4 Å². The van der Waals surface area contributed by atoms with Crippen LogP contribution in [0.4, 0.5) is 10.1 Å². The number of para-hydroxylation sites is 1. The predicted molar refractivity (Wildman–Crippen MR) is 107 cm³/mol. The SMILES string of the molecule is COc1ccccc1C(=O)N[C@H](CCSC)C(=O)Nc1ccc(F)c(Cl)c1. The minimum absolute atomic E-state index is 0.0912. The van der Waals surface area contributed by atoms with Crippen molar-refractivity contribution in [1.82, 2.24) is 5.32 Å². The first-order valence-corrected chi connectivity index (χ1v) is 9.92. The summed E-state index contributed by atoms with van der Waals surface area (Å²) < 4.78 is 18.5. The average Bonchev–Trinajstić information content (AvgIpc) is 2.67. The number of nitrogens with one attached hydrogen (secondary N) is 2. The van der Waals surface area contributed by atoms with Crippen molar-refractivity contribution in [2.75, 3.05) is 24.4 Å². The summed E-state index contributed by atoms with van der Waals surface area (Å²) in [4.78, 5) is 25.2. The first-order chi connectivity index (χ1) is 13.0. The third-order valence-corrected chi connectivity index (χ3v) is 4.70. The van der Waals surface area contributed by atoms with Crippen LogP contribution >= 0.6 is 23.4 Å². The molecule has 0 bridgehead atoms. The van der Waals surface area contributed by atoms with Crippen molar-refractivity contribution >= 4 is 40.9 Å². The second-order valence-electron chi connectivity index (χ2n) is 5.63. The van der Waals surface area contributed by atoms with E-state index in [2.05, 4.69) is 10.6 Å². The van der Waals surface area contributed by atoms with E-state index in [0.717, 1.165) is 0 Å². The topological polar surface area (TPSA) is 67.4 Å². The van der Waals surface area contributed by atoms with Gasteiger partial charge in [-0.1, -0.05) is 23.7 Å². The molecule has 0 spiro atoms. The van der Waals surface area contributed by atoms with E-state index in [-0.39, 0.29) is 5.02 Å². The number of methoxy groups -OCH3 is 1. The summed E-state index contributed by atoms with van der Waals surface area (Å²) >= 11 is 7.31. The van der Waals surface area contributed by atoms with Gasteiger partial charge in [-0.2, -0.15) is 11.8 Å². The van der Waals surface area contributed by atoms with Crippen molar-refractivity contribution in [3.8, 4) is 5.75 Å². The van der Waals surface area contributed by atoms with Crippen LogP contribution in [0.2, 0.25) is 5.02 Å². The lowest BCUT2D eigenvalue weighted by atomic mass is 10.1. The summed E-state index contributed by atoms with van der Waals surface area (Å²) in [5.41, 5.74) is 0.693. The molecule has 0 fully saturated rings. The fraction of sp³-hybridized carbons (Fsp3) is 0.263. The molecule has 0 aliphatic carbocycles. The van der Waals surface area contributed by atoms with Crippen LogP contribution in [-0.4, -0.2) is 37.0 Å². The maximum absolute atomic E-state index is 13.3. The molecule has 0 saturated carbocycles. The van der Waals surface area contributed by atoms with Crippen LogP contribution in [0.15, 0.2) is 42.5 Å². The molecule has 0 radical (unpaired) electrons. The van der Waals surface area contributed by atoms with E-state index >= 15 is 0 Å². The van der Waals surface area contributed by atoms with Crippen molar-refractivity contribution in [3.63, 3.8) is 0 Å². The van der Waals surface area contributed by atoms with E-state index in [1.54, 1.807) is 36.0 Å². The third kappa shape index (κ3) is 5.87. The highest BCUT2D eigenvalue weighted by molar-refractivity contribution is 7.98. The Morgan fingerprint density at radius 2 is 2.00 bits per heavy atom. The number of carbonyl (C=O) groups is 2. The van der Waals surface area contributed by atoms with Crippen molar-refractivity contribution in [1.29, 1.82) is 0 Å². The Morgan fingerprint density at radius 1 is 1.26 bits per heavy atom. The number of ether oxygens (including phenoxy) is 1. The van der Waals surface area contributed by atoms with E-state index in [9.17, 15) is 14.0 Å². The molecular formula is C19H20ClFN2O3S. The minimum atomic E-state index is -0.765. The Hall–Kier alpha value is -2.25. The summed E-state index contributed by atoms with van der Waals surface area (Å²) in [6.07, 6.45) is 2.35. The van der Waals surface area contributed by atoms with Gasteiger partial charge in [-0.3, -0.25) is 9.59 Å². The molecule has 0 unspecified atom stereocenters. The molecule has 8 heteroatoms. The number of hydrogen-bond acceptors (Lipinski definition) is 4. The number of hydrogen-bond donors (Lipinski definition) is 2. The van der Waals surface area contributed by atoms with Crippen LogP contribution in [0.25, 0.3) is 0 Å². The van der Waals surface area contributed by atoms with Gasteiger partial charge >= 0.3 is 0 Å². The van der Waals surface area contributed by atoms with Gasteiger partial charge in [0.2, 0.25) is 5.91 Å². The van der Waals surface area contributed by atoms with Crippen molar-refractivity contribution in [2.24, 2.45) is 0 Å². The van der Waals surface area contributed by atoms with E-state index in [1.807, 2.05) is 6.26 Å². The third-order valence-electron chi connectivity index (χ3n) is 3.77. The maximum atomic E-state index is 13.3. The van der Waals surface area contributed by atoms with Crippen LogP contribution in [0.1, 0.15) is 16.8 Å². The van der Waals surface area contributed by atoms with E-state index in [0.29, 0.717) is 29.2 Å². The zero-order valence-corrected chi connectivity index (χ0v) is 16.5. The molecule has 0 aliphatic heterocycles. The molecule has 27 heavy (non-hydrogen) atoms. The highest BCUT2D eigenvalue weighted by Crippen LogP contribution is 2.20. The Morgan fingerprint density at radius 3 is 2.67 bits per heavy atom.